The predicted molar refractivity (Wildman–Crippen MR) is 83.6 cm³/mol. The Balaban J connectivity index is 1.74. The van der Waals surface area contributed by atoms with Crippen molar-refractivity contribution in [3.8, 4) is 17.2 Å². The molecule has 116 valence electrons. The standard InChI is InChI=1S/C17H19NO4/c1-20-13-7-9-14(10-8-13)21-11-4-12-22-16-6-3-2-5-15(16)17(18)19/h2-3,5-10H,4,11-12H2,1H3,(H2,18,19). The molecule has 0 aliphatic carbocycles. The monoisotopic (exact) mass is 301 g/mol. The van der Waals surface area contributed by atoms with Gasteiger partial charge in [0, 0.05) is 6.42 Å². The first-order valence-electron chi connectivity index (χ1n) is 6.99. The molecule has 0 saturated heterocycles. The molecule has 0 radical (unpaired) electrons. The van der Waals surface area contributed by atoms with Crippen LogP contribution in [0.1, 0.15) is 16.8 Å². The van der Waals surface area contributed by atoms with Crippen LogP contribution in [0.4, 0.5) is 0 Å². The van der Waals surface area contributed by atoms with Gasteiger partial charge < -0.3 is 19.9 Å². The summed E-state index contributed by atoms with van der Waals surface area (Å²) in [6.07, 6.45) is 0.694. The molecule has 2 N–H and O–H groups in total. The van der Waals surface area contributed by atoms with Crippen molar-refractivity contribution in [2.45, 2.75) is 6.42 Å². The van der Waals surface area contributed by atoms with Crippen molar-refractivity contribution in [2.24, 2.45) is 5.73 Å². The average Bonchev–Trinajstić information content (AvgIpc) is 2.55. The number of benzene rings is 2. The van der Waals surface area contributed by atoms with Gasteiger partial charge in [0.15, 0.2) is 0 Å². The molecule has 0 aromatic heterocycles. The van der Waals surface area contributed by atoms with Gasteiger partial charge in [0.05, 0.1) is 25.9 Å². The summed E-state index contributed by atoms with van der Waals surface area (Å²) in [6, 6.07) is 14.3. The Bertz CT molecular complexity index is 610. The molecule has 0 bridgehead atoms. The van der Waals surface area contributed by atoms with Crippen LogP contribution in [0, 0.1) is 0 Å². The second-order valence-corrected chi connectivity index (χ2v) is 4.59. The van der Waals surface area contributed by atoms with Gasteiger partial charge in [-0.15, -0.1) is 0 Å². The second kappa shape index (κ2) is 7.93. The molecule has 0 saturated carbocycles. The number of carbonyl (C=O) groups excluding carboxylic acids is 1. The highest BCUT2D eigenvalue weighted by molar-refractivity contribution is 5.95. The highest BCUT2D eigenvalue weighted by Crippen LogP contribution is 2.18. The lowest BCUT2D eigenvalue weighted by Crippen LogP contribution is -2.13. The van der Waals surface area contributed by atoms with Crippen LogP contribution in [0.25, 0.3) is 0 Å². The van der Waals surface area contributed by atoms with Crippen LogP contribution in [0.2, 0.25) is 0 Å². The van der Waals surface area contributed by atoms with Gasteiger partial charge in [-0.25, -0.2) is 0 Å². The number of methoxy groups -OCH3 is 1. The summed E-state index contributed by atoms with van der Waals surface area (Å²) in [5, 5.41) is 0. The van der Waals surface area contributed by atoms with Gasteiger partial charge in [-0.2, -0.15) is 0 Å². The summed E-state index contributed by atoms with van der Waals surface area (Å²) in [5.74, 6) is 1.57. The van der Waals surface area contributed by atoms with Crippen molar-refractivity contribution in [3.63, 3.8) is 0 Å². The van der Waals surface area contributed by atoms with Crippen molar-refractivity contribution >= 4 is 5.91 Å². The first kappa shape index (κ1) is 15.7. The molecule has 2 aromatic carbocycles. The topological polar surface area (TPSA) is 70.8 Å². The van der Waals surface area contributed by atoms with Crippen molar-refractivity contribution in [2.75, 3.05) is 20.3 Å². The Morgan fingerprint density at radius 3 is 2.27 bits per heavy atom. The lowest BCUT2D eigenvalue weighted by molar-refractivity contribution is 0.0996. The van der Waals surface area contributed by atoms with Gasteiger partial charge in [-0.1, -0.05) is 12.1 Å². The largest absolute Gasteiger partial charge is 0.497 e. The van der Waals surface area contributed by atoms with Gasteiger partial charge in [0.25, 0.3) is 5.91 Å². The highest BCUT2D eigenvalue weighted by Gasteiger charge is 2.07. The van der Waals surface area contributed by atoms with Gasteiger partial charge in [0.1, 0.15) is 17.2 Å². The molecule has 2 rings (SSSR count). The molecule has 5 heteroatoms. The van der Waals surface area contributed by atoms with E-state index in [1.807, 2.05) is 24.3 Å². The Kier molecular flexibility index (Phi) is 5.65. The Labute approximate surface area is 129 Å². The molecular weight excluding hydrogens is 282 g/mol. The zero-order valence-corrected chi connectivity index (χ0v) is 12.5. The summed E-state index contributed by atoms with van der Waals surface area (Å²) < 4.78 is 16.2. The molecule has 1 amide bonds. The van der Waals surface area contributed by atoms with E-state index in [4.69, 9.17) is 19.9 Å². The van der Waals surface area contributed by atoms with Crippen LogP contribution < -0.4 is 19.9 Å². The van der Waals surface area contributed by atoms with Crippen molar-refractivity contribution < 1.29 is 19.0 Å². The van der Waals surface area contributed by atoms with Crippen LogP contribution in [0.5, 0.6) is 17.2 Å². The zero-order valence-electron chi connectivity index (χ0n) is 12.5. The average molecular weight is 301 g/mol. The van der Waals surface area contributed by atoms with Gasteiger partial charge in [0.2, 0.25) is 0 Å². The maximum Gasteiger partial charge on any atom is 0.252 e. The molecular formula is C17H19NO4. The van der Waals surface area contributed by atoms with Crippen LogP contribution in [-0.4, -0.2) is 26.2 Å². The van der Waals surface area contributed by atoms with Gasteiger partial charge in [-0.3, -0.25) is 4.79 Å². The zero-order chi connectivity index (χ0) is 15.8. The maximum atomic E-state index is 11.3. The van der Waals surface area contributed by atoms with E-state index in [2.05, 4.69) is 0 Å². The number of primary amides is 1. The van der Waals surface area contributed by atoms with Crippen LogP contribution >= 0.6 is 0 Å². The minimum absolute atomic E-state index is 0.388. The molecule has 0 heterocycles. The highest BCUT2D eigenvalue weighted by atomic mass is 16.5. The normalized spacial score (nSPS) is 10.0. The van der Waals surface area contributed by atoms with Crippen LogP contribution in [-0.2, 0) is 0 Å². The lowest BCUT2D eigenvalue weighted by atomic mass is 10.2. The number of carbonyl (C=O) groups is 1. The van der Waals surface area contributed by atoms with E-state index in [-0.39, 0.29) is 0 Å². The Hall–Kier alpha value is -2.69. The third-order valence-corrected chi connectivity index (χ3v) is 3.03. The number of rotatable bonds is 8. The van der Waals surface area contributed by atoms with Crippen LogP contribution in [0.15, 0.2) is 48.5 Å². The van der Waals surface area contributed by atoms with E-state index < -0.39 is 5.91 Å². The van der Waals surface area contributed by atoms with E-state index in [1.54, 1.807) is 31.4 Å². The molecule has 2 aromatic rings. The van der Waals surface area contributed by atoms with E-state index in [0.29, 0.717) is 30.9 Å². The summed E-state index contributed by atoms with van der Waals surface area (Å²) in [7, 11) is 1.62. The lowest BCUT2D eigenvalue weighted by Gasteiger charge is -2.10. The Morgan fingerprint density at radius 1 is 0.955 bits per heavy atom. The van der Waals surface area contributed by atoms with Crippen molar-refractivity contribution in [1.82, 2.24) is 0 Å². The second-order valence-electron chi connectivity index (χ2n) is 4.59. The first-order chi connectivity index (χ1) is 10.7. The number of ether oxygens (including phenoxy) is 3. The molecule has 5 nitrogen and oxygen atoms in total. The van der Waals surface area contributed by atoms with Gasteiger partial charge >= 0.3 is 0 Å². The fraction of sp³-hybridized carbons (Fsp3) is 0.235. The van der Waals surface area contributed by atoms with E-state index in [0.717, 1.165) is 11.5 Å². The molecule has 0 aliphatic rings. The molecule has 0 fully saturated rings. The SMILES string of the molecule is COc1ccc(OCCCOc2ccccc2C(N)=O)cc1. The van der Waals surface area contributed by atoms with E-state index in [1.165, 1.54) is 0 Å². The number of amides is 1. The summed E-state index contributed by atoms with van der Waals surface area (Å²) in [6.45, 7) is 0.964. The minimum atomic E-state index is -0.495. The third-order valence-electron chi connectivity index (χ3n) is 3.03. The van der Waals surface area contributed by atoms with Crippen molar-refractivity contribution in [3.05, 3.63) is 54.1 Å². The molecule has 0 aliphatic heterocycles. The van der Waals surface area contributed by atoms with Crippen LogP contribution in [0.3, 0.4) is 0 Å². The number of nitrogens with two attached hydrogens (primary N) is 1. The maximum absolute atomic E-state index is 11.3. The molecule has 0 unspecified atom stereocenters. The smallest absolute Gasteiger partial charge is 0.252 e. The molecule has 22 heavy (non-hydrogen) atoms. The number of para-hydroxylation sites is 1. The predicted octanol–water partition coefficient (Wildman–Crippen LogP) is 2.64. The number of hydrogen-bond donors (Lipinski definition) is 1. The molecule has 0 spiro atoms. The summed E-state index contributed by atoms with van der Waals surface area (Å²) in [4.78, 5) is 11.3. The van der Waals surface area contributed by atoms with Gasteiger partial charge in [-0.05, 0) is 36.4 Å². The summed E-state index contributed by atoms with van der Waals surface area (Å²) in [5.41, 5.74) is 5.68. The quantitative estimate of drug-likeness (QED) is 0.761. The Morgan fingerprint density at radius 2 is 1.59 bits per heavy atom. The fourth-order valence-corrected chi connectivity index (χ4v) is 1.90. The molecule has 0 atom stereocenters. The summed E-state index contributed by atoms with van der Waals surface area (Å²) >= 11 is 0. The van der Waals surface area contributed by atoms with E-state index >= 15 is 0 Å². The fourth-order valence-electron chi connectivity index (χ4n) is 1.90. The third kappa shape index (κ3) is 4.41. The minimum Gasteiger partial charge on any atom is -0.497 e. The van der Waals surface area contributed by atoms with Crippen molar-refractivity contribution in [1.29, 1.82) is 0 Å². The number of hydrogen-bond acceptors (Lipinski definition) is 4. The van der Waals surface area contributed by atoms with E-state index in [9.17, 15) is 4.79 Å². The first-order valence-corrected chi connectivity index (χ1v) is 6.99.